The van der Waals surface area contributed by atoms with Gasteiger partial charge in [-0.1, -0.05) is 54.6 Å². The van der Waals surface area contributed by atoms with Gasteiger partial charge in [-0.25, -0.2) is 4.39 Å². The van der Waals surface area contributed by atoms with E-state index in [0.717, 1.165) is 0 Å². The van der Waals surface area contributed by atoms with E-state index in [9.17, 15) is 4.39 Å². The Morgan fingerprint density at radius 1 is 0.571 bits per heavy atom. The lowest BCUT2D eigenvalue weighted by Gasteiger charge is -1.78. The molecule has 2 heteroatoms. The maximum absolute atomic E-state index is 11.9. The van der Waals surface area contributed by atoms with Crippen LogP contribution in [0.2, 0.25) is 0 Å². The number of hydrogen-bond donors (Lipinski definition) is 0. The van der Waals surface area contributed by atoms with Gasteiger partial charge in [0, 0.05) is 0 Å². The van der Waals surface area contributed by atoms with Gasteiger partial charge in [-0.2, -0.15) is 0 Å². The summed E-state index contributed by atoms with van der Waals surface area (Å²) in [4.78, 5) is 0. The van der Waals surface area contributed by atoms with Crippen LogP contribution in [0.1, 0.15) is 0 Å². The number of benzene rings is 2. The first-order chi connectivity index (χ1) is 6.39. The summed E-state index contributed by atoms with van der Waals surface area (Å²) in [5, 5.41) is 0. The van der Waals surface area contributed by atoms with Gasteiger partial charge in [0.2, 0.25) is 0 Å². The smallest absolute Gasteiger partial charge is 0.123 e. The Bertz CT molecular complexity index is 279. The second kappa shape index (κ2) is 7.92. The Morgan fingerprint density at radius 3 is 1.07 bits per heavy atom. The monoisotopic (exact) mass is 194 g/mol. The van der Waals surface area contributed by atoms with E-state index in [-0.39, 0.29) is 10.5 Å². The van der Waals surface area contributed by atoms with Gasteiger partial charge in [0.25, 0.3) is 0 Å². The van der Waals surface area contributed by atoms with Gasteiger partial charge < -0.3 is 0 Å². The first-order valence-electron chi connectivity index (χ1n) is 4.10. The van der Waals surface area contributed by atoms with Crippen molar-refractivity contribution in [1.29, 1.82) is 0 Å². The van der Waals surface area contributed by atoms with E-state index in [2.05, 4.69) is 0 Å². The van der Waals surface area contributed by atoms with Crippen molar-refractivity contribution in [3.63, 3.8) is 0 Å². The predicted octanol–water partition coefficient (Wildman–Crippen LogP) is 3.66. The van der Waals surface area contributed by atoms with Crippen molar-refractivity contribution in [3.05, 3.63) is 72.5 Å². The zero-order valence-corrected chi connectivity index (χ0v) is 7.64. The van der Waals surface area contributed by atoms with E-state index in [1.165, 1.54) is 12.1 Å². The van der Waals surface area contributed by atoms with Crippen LogP contribution in [-0.2, 0) is 0 Å². The molecule has 0 bridgehead atoms. The van der Waals surface area contributed by atoms with E-state index < -0.39 is 0 Å². The summed E-state index contributed by atoms with van der Waals surface area (Å²) >= 11 is 0. The Hall–Kier alpha value is -1.70. The molecule has 0 N–H and O–H groups in total. The minimum Gasteiger partial charge on any atom is -0.269 e. The van der Waals surface area contributed by atoms with Crippen LogP contribution in [0.15, 0.2) is 66.7 Å². The van der Waals surface area contributed by atoms with Crippen molar-refractivity contribution < 1.29 is 9.09 Å². The van der Waals surface area contributed by atoms with Gasteiger partial charge in [0.05, 0.1) is 0 Å². The molecule has 2 rings (SSSR count). The molecular weight excluding hydrogens is 182 g/mol. The Morgan fingerprint density at radius 2 is 0.857 bits per heavy atom. The molecule has 0 nitrogen and oxygen atoms in total. The third-order valence-corrected chi connectivity index (χ3v) is 1.40. The molecule has 0 amide bonds. The topological polar surface area (TPSA) is 0 Å². The maximum Gasteiger partial charge on any atom is 0.123 e. The first kappa shape index (κ1) is 12.3. The zero-order chi connectivity index (χ0) is 9.36. The number of hydrogen-bond acceptors (Lipinski definition) is 0. The summed E-state index contributed by atoms with van der Waals surface area (Å²) in [6.07, 6.45) is 0. The highest BCUT2D eigenvalue weighted by Crippen LogP contribution is 1.91. The van der Waals surface area contributed by atoms with Crippen LogP contribution in [0.5, 0.6) is 0 Å². The van der Waals surface area contributed by atoms with Crippen LogP contribution in [0.25, 0.3) is 0 Å². The van der Waals surface area contributed by atoms with Crippen molar-refractivity contribution >= 4 is 0 Å². The predicted molar refractivity (Wildman–Crippen MR) is 55.3 cm³/mol. The molecule has 0 aromatic heterocycles. The summed E-state index contributed by atoms with van der Waals surface area (Å²) in [5.74, 6) is -0.178. The fourth-order valence-corrected chi connectivity index (χ4v) is 0.800. The lowest BCUT2D eigenvalue weighted by Crippen LogP contribution is -1.63. The standard InChI is InChI=1S/C6H5F.C6H6.FH/c7-6-4-2-1-3-5-6;1-2-4-6-5-3-1;/h1-5H;1-6H;1H. The molecule has 14 heavy (non-hydrogen) atoms. The molecular formula is C12H12F2. The summed E-state index contributed by atoms with van der Waals surface area (Å²) in [7, 11) is 0. The Labute approximate surface area is 82.4 Å². The van der Waals surface area contributed by atoms with Crippen molar-refractivity contribution in [2.45, 2.75) is 0 Å². The van der Waals surface area contributed by atoms with E-state index in [1.807, 2.05) is 36.4 Å². The quantitative estimate of drug-likeness (QED) is 0.600. The maximum atomic E-state index is 11.9. The SMILES string of the molecule is F.Fc1ccccc1.c1ccccc1. The molecule has 0 radical (unpaired) electrons. The summed E-state index contributed by atoms with van der Waals surface area (Å²) in [5.41, 5.74) is 0. The molecule has 74 valence electrons. The fourth-order valence-electron chi connectivity index (χ4n) is 0.800. The average Bonchev–Trinajstić information content (AvgIpc) is 2.22. The van der Waals surface area contributed by atoms with Crippen LogP contribution in [-0.4, -0.2) is 0 Å². The lowest BCUT2D eigenvalue weighted by atomic mass is 10.4. The highest BCUT2D eigenvalue weighted by molar-refractivity contribution is 5.02. The summed E-state index contributed by atoms with van der Waals surface area (Å²) < 4.78 is 11.9. The largest absolute Gasteiger partial charge is 0.269 e. The normalized spacial score (nSPS) is 7.79. The molecule has 0 aliphatic rings. The molecule has 0 saturated carbocycles. The summed E-state index contributed by atoms with van der Waals surface area (Å²) in [6, 6.07) is 19.9. The van der Waals surface area contributed by atoms with E-state index in [4.69, 9.17) is 0 Å². The molecule has 0 aliphatic carbocycles. The van der Waals surface area contributed by atoms with Crippen molar-refractivity contribution in [1.82, 2.24) is 0 Å². The molecule has 0 fully saturated rings. The van der Waals surface area contributed by atoms with Gasteiger partial charge in [-0.15, -0.1) is 0 Å². The van der Waals surface area contributed by atoms with Gasteiger partial charge in [0.15, 0.2) is 0 Å². The highest BCUT2D eigenvalue weighted by Gasteiger charge is 1.77. The molecule has 2 aromatic rings. The van der Waals surface area contributed by atoms with E-state index >= 15 is 0 Å². The van der Waals surface area contributed by atoms with E-state index in [1.54, 1.807) is 18.2 Å². The van der Waals surface area contributed by atoms with Crippen LogP contribution in [0, 0.1) is 5.82 Å². The van der Waals surface area contributed by atoms with Gasteiger partial charge in [0.1, 0.15) is 5.82 Å². The van der Waals surface area contributed by atoms with Crippen molar-refractivity contribution in [2.75, 3.05) is 0 Å². The lowest BCUT2D eigenvalue weighted by molar-refractivity contribution is 0.628. The number of rotatable bonds is 0. The van der Waals surface area contributed by atoms with E-state index in [0.29, 0.717) is 0 Å². The zero-order valence-electron chi connectivity index (χ0n) is 7.64. The molecule has 0 unspecified atom stereocenters. The molecule has 0 saturated heterocycles. The van der Waals surface area contributed by atoms with Crippen LogP contribution in [0.4, 0.5) is 9.09 Å². The number of halogens is 2. The second-order valence-corrected chi connectivity index (χ2v) is 2.45. The van der Waals surface area contributed by atoms with Crippen molar-refractivity contribution in [3.8, 4) is 0 Å². The molecule has 0 aliphatic heterocycles. The third kappa shape index (κ3) is 5.89. The summed E-state index contributed by atoms with van der Waals surface area (Å²) in [6.45, 7) is 0. The Balaban J connectivity index is 0.000000227. The minimum absolute atomic E-state index is 0. The first-order valence-corrected chi connectivity index (χ1v) is 4.10. The highest BCUT2D eigenvalue weighted by atomic mass is 19.1. The van der Waals surface area contributed by atoms with Crippen LogP contribution < -0.4 is 0 Å². The van der Waals surface area contributed by atoms with Crippen LogP contribution >= 0.6 is 0 Å². The third-order valence-electron chi connectivity index (χ3n) is 1.40. The van der Waals surface area contributed by atoms with Gasteiger partial charge >= 0.3 is 0 Å². The molecule has 0 atom stereocenters. The van der Waals surface area contributed by atoms with Crippen LogP contribution in [0.3, 0.4) is 0 Å². The second-order valence-electron chi connectivity index (χ2n) is 2.45. The van der Waals surface area contributed by atoms with Gasteiger partial charge in [-0.05, 0) is 12.1 Å². The molecule has 0 heterocycles. The van der Waals surface area contributed by atoms with Gasteiger partial charge in [-0.3, -0.25) is 4.70 Å². The fraction of sp³-hybridized carbons (Fsp3) is 0. The van der Waals surface area contributed by atoms with Crippen molar-refractivity contribution in [2.24, 2.45) is 0 Å². The molecule has 0 spiro atoms. The minimum atomic E-state index is -0.178. The Kier molecular flexibility index (Phi) is 6.96. The average molecular weight is 194 g/mol. The molecule has 2 aromatic carbocycles.